The van der Waals surface area contributed by atoms with Gasteiger partial charge in [0.1, 0.15) is 0 Å². The number of rotatable bonds is 5. The monoisotopic (exact) mass is 323 g/mol. The maximum atomic E-state index is 12.4. The van der Waals surface area contributed by atoms with E-state index in [0.29, 0.717) is 0 Å². The molecule has 0 aliphatic heterocycles. The Morgan fingerprint density at radius 2 is 1.67 bits per heavy atom. The molecule has 1 fully saturated rings. The Hall–Kier alpha value is -2.62. The molecule has 0 unspecified atom stereocenters. The van der Waals surface area contributed by atoms with Gasteiger partial charge in [-0.1, -0.05) is 36.4 Å². The van der Waals surface area contributed by atoms with E-state index in [1.165, 1.54) is 0 Å². The second-order valence-electron chi connectivity index (χ2n) is 6.45. The van der Waals surface area contributed by atoms with Crippen LogP contribution in [0.2, 0.25) is 0 Å². The first-order chi connectivity index (χ1) is 11.5. The molecule has 0 bridgehead atoms. The topological polar surface area (TPSA) is 55.4 Å². The maximum Gasteiger partial charge on any atom is 0.317 e. The molecule has 0 saturated heterocycles. The molecular weight excluding hydrogens is 302 g/mol. The summed E-state index contributed by atoms with van der Waals surface area (Å²) in [6, 6.07) is 15.4. The highest BCUT2D eigenvalue weighted by Crippen LogP contribution is 2.49. The molecule has 0 radical (unpaired) electrons. The van der Waals surface area contributed by atoms with Crippen LogP contribution in [0.25, 0.3) is 0 Å². The van der Waals surface area contributed by atoms with Gasteiger partial charge in [-0.15, -0.1) is 0 Å². The lowest BCUT2D eigenvalue weighted by Gasteiger charge is -2.15. The molecule has 0 aromatic heterocycles. The number of carbonyl (C=O) groups is 2. The van der Waals surface area contributed by atoms with Gasteiger partial charge in [-0.2, -0.15) is 0 Å². The first kappa shape index (κ1) is 16.2. The normalized spacial score (nSPS) is 14.8. The summed E-state index contributed by atoms with van der Waals surface area (Å²) in [5.74, 6) is -0.638. The highest BCUT2D eigenvalue weighted by atomic mass is 16.5. The highest BCUT2D eigenvalue weighted by molar-refractivity contribution is 5.94. The summed E-state index contributed by atoms with van der Waals surface area (Å²) in [7, 11) is 0. The molecule has 0 heterocycles. The molecule has 4 heteroatoms. The van der Waals surface area contributed by atoms with Crippen molar-refractivity contribution in [3.63, 3.8) is 0 Å². The number of hydrogen-bond donors (Lipinski definition) is 1. The second kappa shape index (κ2) is 6.48. The fourth-order valence-corrected chi connectivity index (χ4v) is 3.01. The van der Waals surface area contributed by atoms with Crippen LogP contribution in [0.5, 0.6) is 0 Å². The Morgan fingerprint density at radius 1 is 1.04 bits per heavy atom. The van der Waals surface area contributed by atoms with Crippen molar-refractivity contribution < 1.29 is 14.3 Å². The molecule has 1 amide bonds. The standard InChI is InChI=1S/C20H21NO3/c1-14-10-15(2)12-17(11-14)21-18(22)13-24-19(23)20(8-9-20)16-6-4-3-5-7-16/h3-7,10-12H,8-9,13H2,1-2H3,(H,21,22). The Morgan fingerprint density at radius 3 is 2.25 bits per heavy atom. The zero-order chi connectivity index (χ0) is 17.2. The number of aryl methyl sites for hydroxylation is 2. The summed E-state index contributed by atoms with van der Waals surface area (Å²) in [5.41, 5.74) is 3.27. The summed E-state index contributed by atoms with van der Waals surface area (Å²) in [4.78, 5) is 24.4. The predicted molar refractivity (Wildman–Crippen MR) is 92.9 cm³/mol. The van der Waals surface area contributed by atoms with Crippen molar-refractivity contribution >= 4 is 17.6 Å². The molecule has 0 atom stereocenters. The van der Waals surface area contributed by atoms with E-state index in [1.807, 2.05) is 62.4 Å². The van der Waals surface area contributed by atoms with Gasteiger partial charge >= 0.3 is 5.97 Å². The minimum absolute atomic E-state index is 0.263. The van der Waals surface area contributed by atoms with Crippen LogP contribution < -0.4 is 5.32 Å². The Bertz CT molecular complexity index is 743. The molecule has 0 spiro atoms. The summed E-state index contributed by atoms with van der Waals surface area (Å²) in [6.45, 7) is 3.68. The molecule has 1 N–H and O–H groups in total. The molecule has 2 aromatic carbocycles. The quantitative estimate of drug-likeness (QED) is 0.857. The summed E-state index contributed by atoms with van der Waals surface area (Å²) >= 11 is 0. The van der Waals surface area contributed by atoms with Gasteiger partial charge in [0.2, 0.25) is 0 Å². The van der Waals surface area contributed by atoms with E-state index in [2.05, 4.69) is 5.32 Å². The van der Waals surface area contributed by atoms with Crippen LogP contribution in [0.3, 0.4) is 0 Å². The van der Waals surface area contributed by atoms with E-state index in [1.54, 1.807) is 0 Å². The number of anilines is 1. The van der Waals surface area contributed by atoms with Gasteiger partial charge in [0.05, 0.1) is 5.41 Å². The molecule has 1 aliphatic carbocycles. The third kappa shape index (κ3) is 3.48. The van der Waals surface area contributed by atoms with Gasteiger partial charge in [0.25, 0.3) is 5.91 Å². The smallest absolute Gasteiger partial charge is 0.317 e. The minimum atomic E-state index is -0.554. The van der Waals surface area contributed by atoms with E-state index >= 15 is 0 Å². The zero-order valence-corrected chi connectivity index (χ0v) is 14.0. The van der Waals surface area contributed by atoms with Crippen molar-refractivity contribution in [3.8, 4) is 0 Å². The van der Waals surface area contributed by atoms with Crippen LogP contribution in [0.15, 0.2) is 48.5 Å². The third-order valence-corrected chi connectivity index (χ3v) is 4.31. The lowest BCUT2D eigenvalue weighted by Crippen LogP contribution is -2.28. The number of benzene rings is 2. The van der Waals surface area contributed by atoms with Gasteiger partial charge in [-0.05, 0) is 55.5 Å². The largest absolute Gasteiger partial charge is 0.455 e. The van der Waals surface area contributed by atoms with Crippen molar-refractivity contribution in [1.29, 1.82) is 0 Å². The second-order valence-corrected chi connectivity index (χ2v) is 6.45. The van der Waals surface area contributed by atoms with E-state index in [-0.39, 0.29) is 18.5 Å². The highest BCUT2D eigenvalue weighted by Gasteiger charge is 2.52. The van der Waals surface area contributed by atoms with Crippen LogP contribution in [-0.4, -0.2) is 18.5 Å². The van der Waals surface area contributed by atoms with Crippen LogP contribution in [-0.2, 0) is 19.7 Å². The van der Waals surface area contributed by atoms with E-state index < -0.39 is 5.41 Å². The van der Waals surface area contributed by atoms with Gasteiger partial charge in [0.15, 0.2) is 6.61 Å². The SMILES string of the molecule is Cc1cc(C)cc(NC(=O)COC(=O)C2(c3ccccc3)CC2)c1. The molecular formula is C20H21NO3. The summed E-state index contributed by atoms with van der Waals surface area (Å²) in [5, 5.41) is 2.77. The number of ether oxygens (including phenoxy) is 1. The number of hydrogen-bond acceptors (Lipinski definition) is 3. The van der Waals surface area contributed by atoms with Crippen LogP contribution in [0.1, 0.15) is 29.5 Å². The third-order valence-electron chi connectivity index (χ3n) is 4.31. The zero-order valence-electron chi connectivity index (χ0n) is 14.0. The van der Waals surface area contributed by atoms with Gasteiger partial charge in [0, 0.05) is 5.69 Å². The van der Waals surface area contributed by atoms with Crippen molar-refractivity contribution in [1.82, 2.24) is 0 Å². The first-order valence-electron chi connectivity index (χ1n) is 8.10. The Labute approximate surface area is 141 Å². The van der Waals surface area contributed by atoms with Crippen LogP contribution in [0.4, 0.5) is 5.69 Å². The average molecular weight is 323 g/mol. The van der Waals surface area contributed by atoms with Gasteiger partial charge < -0.3 is 10.1 Å². The molecule has 2 aromatic rings. The fraction of sp³-hybridized carbons (Fsp3) is 0.300. The van der Waals surface area contributed by atoms with Crippen molar-refractivity contribution in [2.75, 3.05) is 11.9 Å². The van der Waals surface area contributed by atoms with E-state index in [9.17, 15) is 9.59 Å². The van der Waals surface area contributed by atoms with Gasteiger partial charge in [-0.3, -0.25) is 9.59 Å². The number of carbonyl (C=O) groups excluding carboxylic acids is 2. The summed E-state index contributed by atoms with van der Waals surface area (Å²) in [6.07, 6.45) is 1.54. The van der Waals surface area contributed by atoms with Crippen molar-refractivity contribution in [3.05, 3.63) is 65.2 Å². The predicted octanol–water partition coefficient (Wildman–Crippen LogP) is 3.52. The Balaban J connectivity index is 1.57. The molecule has 1 aliphatic rings. The average Bonchev–Trinajstić information content (AvgIpc) is 3.34. The van der Waals surface area contributed by atoms with Gasteiger partial charge in [-0.25, -0.2) is 0 Å². The lowest BCUT2D eigenvalue weighted by atomic mass is 9.96. The van der Waals surface area contributed by atoms with Crippen molar-refractivity contribution in [2.24, 2.45) is 0 Å². The van der Waals surface area contributed by atoms with Crippen LogP contribution in [0, 0.1) is 13.8 Å². The van der Waals surface area contributed by atoms with Crippen molar-refractivity contribution in [2.45, 2.75) is 32.1 Å². The number of amides is 1. The Kier molecular flexibility index (Phi) is 4.38. The lowest BCUT2D eigenvalue weighted by molar-refractivity contribution is -0.150. The molecule has 3 rings (SSSR count). The number of esters is 1. The maximum absolute atomic E-state index is 12.4. The molecule has 24 heavy (non-hydrogen) atoms. The van der Waals surface area contributed by atoms with E-state index in [4.69, 9.17) is 4.74 Å². The minimum Gasteiger partial charge on any atom is -0.455 e. The first-order valence-corrected chi connectivity index (χ1v) is 8.10. The molecule has 4 nitrogen and oxygen atoms in total. The van der Waals surface area contributed by atoms with E-state index in [0.717, 1.165) is 35.2 Å². The fourth-order valence-electron chi connectivity index (χ4n) is 3.01. The number of nitrogens with one attached hydrogen (secondary N) is 1. The van der Waals surface area contributed by atoms with Crippen LogP contribution >= 0.6 is 0 Å². The molecule has 1 saturated carbocycles. The summed E-state index contributed by atoms with van der Waals surface area (Å²) < 4.78 is 5.27. The molecule has 124 valence electrons.